The molecule has 0 bridgehead atoms. The van der Waals surface area contributed by atoms with Crippen molar-refractivity contribution in [1.29, 1.82) is 0 Å². The van der Waals surface area contributed by atoms with Crippen LogP contribution in [0.1, 0.15) is 24.5 Å². The van der Waals surface area contributed by atoms with Gasteiger partial charge >= 0.3 is 0 Å². The Morgan fingerprint density at radius 3 is 2.62 bits per heavy atom. The monoisotopic (exact) mass is 239 g/mol. The van der Waals surface area contributed by atoms with E-state index in [9.17, 15) is 4.21 Å². The fourth-order valence-corrected chi connectivity index (χ4v) is 3.27. The van der Waals surface area contributed by atoms with Gasteiger partial charge in [-0.05, 0) is 31.5 Å². The molecule has 2 unspecified atom stereocenters. The van der Waals surface area contributed by atoms with Crippen LogP contribution in [0.2, 0.25) is 0 Å². The SMILES string of the molecule is CCC(CS(=O)Cc1ccccc1C)NC. The Bertz CT molecular complexity index is 348. The number of hydrogen-bond acceptors (Lipinski definition) is 2. The average Bonchev–Trinajstić information content (AvgIpc) is 2.29. The molecule has 0 fully saturated rings. The highest BCUT2D eigenvalue weighted by molar-refractivity contribution is 7.84. The van der Waals surface area contributed by atoms with Gasteiger partial charge in [-0.3, -0.25) is 4.21 Å². The number of aryl methyl sites for hydroxylation is 1. The number of benzene rings is 1. The predicted octanol–water partition coefficient (Wildman–Crippen LogP) is 2.24. The van der Waals surface area contributed by atoms with Crippen molar-refractivity contribution in [3.8, 4) is 0 Å². The maximum atomic E-state index is 12.0. The van der Waals surface area contributed by atoms with Crippen LogP contribution in [0, 0.1) is 6.92 Å². The summed E-state index contributed by atoms with van der Waals surface area (Å²) in [5.41, 5.74) is 2.43. The molecule has 0 amide bonds. The summed E-state index contributed by atoms with van der Waals surface area (Å²) >= 11 is 0. The second-order valence-electron chi connectivity index (χ2n) is 4.07. The van der Waals surface area contributed by atoms with Crippen LogP contribution in [0.25, 0.3) is 0 Å². The van der Waals surface area contributed by atoms with E-state index in [2.05, 4.69) is 31.3 Å². The minimum Gasteiger partial charge on any atom is -0.316 e. The molecule has 1 aromatic carbocycles. The smallest absolute Gasteiger partial charge is 0.0488 e. The van der Waals surface area contributed by atoms with Crippen molar-refractivity contribution in [3.63, 3.8) is 0 Å². The summed E-state index contributed by atoms with van der Waals surface area (Å²) in [5, 5.41) is 3.19. The highest BCUT2D eigenvalue weighted by Gasteiger charge is 2.09. The van der Waals surface area contributed by atoms with Gasteiger partial charge in [0.15, 0.2) is 0 Å². The molecule has 0 radical (unpaired) electrons. The zero-order valence-electron chi connectivity index (χ0n) is 10.3. The van der Waals surface area contributed by atoms with Gasteiger partial charge in [-0.25, -0.2) is 0 Å². The van der Waals surface area contributed by atoms with E-state index >= 15 is 0 Å². The molecular weight excluding hydrogens is 218 g/mol. The van der Waals surface area contributed by atoms with E-state index in [1.165, 1.54) is 11.1 Å². The molecule has 0 heterocycles. The summed E-state index contributed by atoms with van der Waals surface area (Å²) in [4.78, 5) is 0. The number of hydrogen-bond donors (Lipinski definition) is 1. The van der Waals surface area contributed by atoms with E-state index in [0.29, 0.717) is 11.8 Å². The Hall–Kier alpha value is -0.670. The van der Waals surface area contributed by atoms with Crippen LogP contribution in [0.5, 0.6) is 0 Å². The summed E-state index contributed by atoms with van der Waals surface area (Å²) in [6, 6.07) is 8.53. The van der Waals surface area contributed by atoms with Gasteiger partial charge in [-0.2, -0.15) is 0 Å². The van der Waals surface area contributed by atoms with Gasteiger partial charge in [-0.15, -0.1) is 0 Å². The van der Waals surface area contributed by atoms with Gasteiger partial charge in [0.25, 0.3) is 0 Å². The molecule has 2 nitrogen and oxygen atoms in total. The first-order valence-electron chi connectivity index (χ1n) is 5.74. The summed E-state index contributed by atoms with van der Waals surface area (Å²) in [6.45, 7) is 4.19. The van der Waals surface area contributed by atoms with E-state index < -0.39 is 10.8 Å². The van der Waals surface area contributed by atoms with E-state index in [1.54, 1.807) is 0 Å². The van der Waals surface area contributed by atoms with Gasteiger partial charge in [0.05, 0.1) is 0 Å². The number of rotatable bonds is 6. The molecule has 90 valence electrons. The van der Waals surface area contributed by atoms with E-state index in [4.69, 9.17) is 0 Å². The minimum atomic E-state index is -0.774. The maximum Gasteiger partial charge on any atom is 0.0488 e. The normalized spacial score (nSPS) is 14.7. The molecule has 1 aromatic rings. The van der Waals surface area contributed by atoms with Gasteiger partial charge < -0.3 is 5.32 Å². The predicted molar refractivity (Wildman–Crippen MR) is 71.0 cm³/mol. The molecule has 1 N–H and O–H groups in total. The lowest BCUT2D eigenvalue weighted by atomic mass is 10.1. The Balaban J connectivity index is 2.55. The van der Waals surface area contributed by atoms with Gasteiger partial charge in [-0.1, -0.05) is 31.2 Å². The van der Waals surface area contributed by atoms with Crippen LogP contribution in [-0.4, -0.2) is 23.1 Å². The average molecular weight is 239 g/mol. The molecule has 16 heavy (non-hydrogen) atoms. The number of nitrogens with one attached hydrogen (secondary N) is 1. The highest BCUT2D eigenvalue weighted by Crippen LogP contribution is 2.10. The first-order valence-corrected chi connectivity index (χ1v) is 7.23. The van der Waals surface area contributed by atoms with E-state index in [-0.39, 0.29) is 0 Å². The van der Waals surface area contributed by atoms with Crippen molar-refractivity contribution in [1.82, 2.24) is 5.32 Å². The molecule has 1 rings (SSSR count). The molecule has 0 spiro atoms. The molecule has 0 saturated carbocycles. The summed E-state index contributed by atoms with van der Waals surface area (Å²) in [5.74, 6) is 1.41. The molecule has 0 aliphatic heterocycles. The molecule has 0 aliphatic rings. The fourth-order valence-electron chi connectivity index (χ4n) is 1.63. The standard InChI is InChI=1S/C13H21NOS/c1-4-13(14-3)10-16(15)9-12-8-6-5-7-11(12)2/h5-8,13-14H,4,9-10H2,1-3H3. The van der Waals surface area contributed by atoms with Crippen LogP contribution in [0.4, 0.5) is 0 Å². The second kappa shape index (κ2) is 6.81. The van der Waals surface area contributed by atoms with Crippen LogP contribution in [-0.2, 0) is 16.6 Å². The first-order chi connectivity index (χ1) is 7.67. The molecule has 3 heteroatoms. The minimum absolute atomic E-state index is 0.366. The topological polar surface area (TPSA) is 29.1 Å². The lowest BCUT2D eigenvalue weighted by Crippen LogP contribution is -2.30. The van der Waals surface area contributed by atoms with Crippen molar-refractivity contribution in [2.24, 2.45) is 0 Å². The maximum absolute atomic E-state index is 12.0. The van der Waals surface area contributed by atoms with Crippen molar-refractivity contribution in [3.05, 3.63) is 35.4 Å². The molecule has 0 aromatic heterocycles. The summed E-state index contributed by atoms with van der Waals surface area (Å²) in [7, 11) is 1.16. The van der Waals surface area contributed by atoms with E-state index in [1.807, 2.05) is 19.2 Å². The van der Waals surface area contributed by atoms with Crippen molar-refractivity contribution < 1.29 is 4.21 Å². The van der Waals surface area contributed by atoms with E-state index in [0.717, 1.165) is 12.2 Å². The first kappa shape index (κ1) is 13.4. The Labute approximate surface area is 101 Å². The molecule has 0 aliphatic carbocycles. The van der Waals surface area contributed by atoms with Gasteiger partial charge in [0.1, 0.15) is 0 Å². The molecule has 2 atom stereocenters. The van der Waals surface area contributed by atoms with Crippen LogP contribution in [0.3, 0.4) is 0 Å². The second-order valence-corrected chi connectivity index (χ2v) is 5.57. The van der Waals surface area contributed by atoms with Gasteiger partial charge in [0.2, 0.25) is 0 Å². The summed E-state index contributed by atoms with van der Waals surface area (Å²) in [6.07, 6.45) is 1.02. The molecule has 0 saturated heterocycles. The quantitative estimate of drug-likeness (QED) is 0.825. The largest absolute Gasteiger partial charge is 0.316 e. The summed E-state index contributed by atoms with van der Waals surface area (Å²) < 4.78 is 12.0. The zero-order valence-corrected chi connectivity index (χ0v) is 11.1. The Kier molecular flexibility index (Phi) is 5.71. The van der Waals surface area contributed by atoms with Crippen LogP contribution < -0.4 is 5.32 Å². The van der Waals surface area contributed by atoms with Crippen molar-refractivity contribution in [2.45, 2.75) is 32.1 Å². The van der Waals surface area contributed by atoms with Crippen molar-refractivity contribution in [2.75, 3.05) is 12.8 Å². The third-order valence-electron chi connectivity index (χ3n) is 2.87. The Morgan fingerprint density at radius 2 is 2.06 bits per heavy atom. The Morgan fingerprint density at radius 1 is 1.38 bits per heavy atom. The fraction of sp³-hybridized carbons (Fsp3) is 0.538. The van der Waals surface area contributed by atoms with Gasteiger partial charge in [0, 0.05) is 28.3 Å². The third kappa shape index (κ3) is 4.06. The lowest BCUT2D eigenvalue weighted by molar-refractivity contribution is 0.590. The van der Waals surface area contributed by atoms with Crippen LogP contribution >= 0.6 is 0 Å². The van der Waals surface area contributed by atoms with Crippen molar-refractivity contribution >= 4 is 10.8 Å². The molecular formula is C13H21NOS. The zero-order chi connectivity index (χ0) is 12.0. The van der Waals surface area contributed by atoms with Crippen LogP contribution in [0.15, 0.2) is 24.3 Å². The third-order valence-corrected chi connectivity index (χ3v) is 4.27. The lowest BCUT2D eigenvalue weighted by Gasteiger charge is -2.13. The highest BCUT2D eigenvalue weighted by atomic mass is 32.2.